The summed E-state index contributed by atoms with van der Waals surface area (Å²) in [5, 5.41) is 34.6. The van der Waals surface area contributed by atoms with E-state index in [9.17, 15) is 0 Å². The highest BCUT2D eigenvalue weighted by Gasteiger charge is 2.63. The third-order valence-corrected chi connectivity index (χ3v) is 26.8. The summed E-state index contributed by atoms with van der Waals surface area (Å²) >= 11 is 0. The minimum absolute atomic E-state index is 0.0447. The Hall–Kier alpha value is -1.76. The van der Waals surface area contributed by atoms with Crippen LogP contribution in [0.15, 0.2) is 0 Å². The van der Waals surface area contributed by atoms with E-state index in [0.29, 0.717) is 405 Å². The van der Waals surface area contributed by atoms with Gasteiger partial charge < -0.3 is 171 Å². The van der Waals surface area contributed by atoms with Crippen molar-refractivity contribution < 1.29 is 171 Å². The average molecular weight is 2080 g/mol. The molecule has 4 saturated carbocycles. The number of hydrogen-bond donors (Lipinski definition) is 8. The summed E-state index contributed by atoms with van der Waals surface area (Å²) in [7, 11) is 6.60. The van der Waals surface area contributed by atoms with Crippen LogP contribution in [0.5, 0.6) is 0 Å². The van der Waals surface area contributed by atoms with Gasteiger partial charge in [-0.1, -0.05) is 38.5 Å². The minimum atomic E-state index is -0.717. The molecule has 0 radical (unpaired) electrons. The van der Waals surface area contributed by atoms with E-state index >= 15 is 0 Å². The van der Waals surface area contributed by atoms with Crippen molar-refractivity contribution in [3.8, 4) is 0 Å². The van der Waals surface area contributed by atoms with Gasteiger partial charge in [-0.05, 0) is 74.0 Å². The average Bonchev–Trinajstić information content (AvgIpc) is 1.57. The van der Waals surface area contributed by atoms with E-state index in [1.807, 2.05) is 0 Å². The first-order chi connectivity index (χ1) is 71.6. The topological polar surface area (TPSA) is 429 Å². The van der Waals surface area contributed by atoms with Gasteiger partial charge in [-0.15, -0.1) is 0 Å². The molecule has 4 aliphatic carbocycles. The van der Waals surface area contributed by atoms with Gasteiger partial charge in [0.25, 0.3) is 0 Å². The minimum Gasteiger partial charge on any atom is -0.382 e. The van der Waals surface area contributed by atoms with Crippen molar-refractivity contribution in [1.29, 1.82) is 0 Å². The second kappa shape index (κ2) is 87.4. The summed E-state index contributed by atoms with van der Waals surface area (Å²) in [4.78, 5) is 0. The van der Waals surface area contributed by atoms with E-state index in [4.69, 9.17) is 171 Å². The summed E-state index contributed by atoms with van der Waals surface area (Å²) in [6, 6.07) is 0. The number of rotatable bonds is 100. The third kappa shape index (κ3) is 54.6. The molecule has 848 valence electrons. The van der Waals surface area contributed by atoms with E-state index in [0.717, 1.165) is 25.7 Å². The molecule has 9 aliphatic rings. The lowest BCUT2D eigenvalue weighted by molar-refractivity contribution is -0.245. The van der Waals surface area contributed by atoms with Crippen LogP contribution < -0.4 is 42.5 Å². The third-order valence-electron chi connectivity index (χ3n) is 26.8. The fourth-order valence-corrected chi connectivity index (χ4v) is 20.0. The maximum Gasteiger partial charge on any atom is 0.113 e. The first-order valence-electron chi connectivity index (χ1n) is 54.3. The molecule has 9 rings (SSSR count). The Balaban J connectivity index is 0.858. The van der Waals surface area contributed by atoms with Gasteiger partial charge in [0.2, 0.25) is 0 Å². The van der Waals surface area contributed by atoms with Gasteiger partial charge in [-0.25, -0.2) is 0 Å². The number of ether oxygens (including phenoxy) is 36. The lowest BCUT2D eigenvalue weighted by Gasteiger charge is -2.50. The summed E-state index contributed by atoms with van der Waals surface area (Å²) in [6.45, 7) is 27.5. The SMILES string of the molecule is COCCOCCOCCOCCOCCOCCOCCOCCOC1C(OCCOCCOCCOCCOCCOCCOCCOCCOC)C(OCCOCCOCCOCCOCCOCCOCCOCCOC)C2C3NC4NC(NC5NC(NC6NC(NC(N3)C2C1OCCOCCOCCOCCOCCOCCOCCOCCOC)C1CCCCC61)C1CCCCC51)C1CCCCC41. The van der Waals surface area contributed by atoms with Crippen LogP contribution in [0.4, 0.5) is 0 Å². The molecule has 0 aromatic rings. The fourth-order valence-electron chi connectivity index (χ4n) is 20.0. The first kappa shape index (κ1) is 126. The molecule has 8 N–H and O–H groups in total. The van der Waals surface area contributed by atoms with Crippen molar-refractivity contribution in [2.24, 2.45) is 47.3 Å². The highest BCUT2D eigenvalue weighted by atomic mass is 16.6. The molecule has 8 bridgehead atoms. The van der Waals surface area contributed by atoms with Crippen molar-refractivity contribution in [3.05, 3.63) is 0 Å². The predicted octanol–water partition coefficient (Wildman–Crippen LogP) is 1.64. The Morgan fingerprint density at radius 1 is 0.125 bits per heavy atom. The molecule has 5 aliphatic heterocycles. The van der Waals surface area contributed by atoms with E-state index in [1.54, 1.807) is 28.4 Å². The number of nitrogens with one attached hydrogen (secondary N) is 8. The zero-order chi connectivity index (χ0) is 100. The molecule has 144 heavy (non-hydrogen) atoms. The van der Waals surface area contributed by atoms with Crippen LogP contribution in [0, 0.1) is 47.3 Å². The largest absolute Gasteiger partial charge is 0.382 e. The molecular formula is C100H192N8O36. The molecule has 5 saturated heterocycles. The van der Waals surface area contributed by atoms with Crippen LogP contribution in [-0.2, 0) is 171 Å². The molecule has 0 spiro atoms. The molecule has 0 amide bonds. The molecule has 9 fully saturated rings. The lowest BCUT2D eigenvalue weighted by atomic mass is 9.71. The normalized spacial score (nSPS) is 26.8. The second-order valence-electron chi connectivity index (χ2n) is 36.6. The predicted molar refractivity (Wildman–Crippen MR) is 528 cm³/mol. The zero-order valence-corrected chi connectivity index (χ0v) is 88.0. The van der Waals surface area contributed by atoms with Gasteiger partial charge in [-0.3, -0.25) is 42.5 Å². The highest BCUT2D eigenvalue weighted by molar-refractivity contribution is 5.15. The van der Waals surface area contributed by atoms with Gasteiger partial charge in [0, 0.05) is 40.3 Å². The molecule has 20 unspecified atom stereocenters. The molecule has 0 aromatic heterocycles. The Bertz CT molecular complexity index is 2680. The van der Waals surface area contributed by atoms with Gasteiger partial charge in [0.05, 0.1) is 484 Å². The Labute approximate surface area is 858 Å². The van der Waals surface area contributed by atoms with Crippen molar-refractivity contribution in [3.63, 3.8) is 0 Å². The van der Waals surface area contributed by atoms with Gasteiger partial charge >= 0.3 is 0 Å². The van der Waals surface area contributed by atoms with Crippen LogP contribution in [0.25, 0.3) is 0 Å². The highest BCUT2D eigenvalue weighted by Crippen LogP contribution is 2.48. The maximum atomic E-state index is 7.55. The van der Waals surface area contributed by atoms with E-state index in [-0.39, 0.29) is 114 Å². The maximum absolute atomic E-state index is 7.55. The molecule has 5 heterocycles. The van der Waals surface area contributed by atoms with Gasteiger partial charge in [0.1, 0.15) is 12.2 Å². The van der Waals surface area contributed by atoms with Gasteiger partial charge in [0.15, 0.2) is 0 Å². The van der Waals surface area contributed by atoms with Crippen molar-refractivity contribution in [1.82, 2.24) is 42.5 Å². The lowest BCUT2D eigenvalue weighted by Crippen LogP contribution is -2.66. The van der Waals surface area contributed by atoms with E-state index in [2.05, 4.69) is 42.5 Å². The fraction of sp³-hybridized carbons (Fsp3) is 1.00. The zero-order valence-electron chi connectivity index (χ0n) is 88.0. The Kier molecular flexibility index (Phi) is 76.3. The van der Waals surface area contributed by atoms with Gasteiger partial charge in [-0.2, -0.15) is 0 Å². The van der Waals surface area contributed by atoms with Crippen LogP contribution in [0.3, 0.4) is 0 Å². The molecule has 0 aromatic carbocycles. The summed E-state index contributed by atoms with van der Waals surface area (Å²) < 4.78 is 213. The van der Waals surface area contributed by atoms with Crippen molar-refractivity contribution in [2.45, 2.75) is 151 Å². The van der Waals surface area contributed by atoms with E-state index in [1.165, 1.54) is 51.4 Å². The first-order valence-corrected chi connectivity index (χ1v) is 54.3. The van der Waals surface area contributed by atoms with E-state index < -0.39 is 24.4 Å². The number of methoxy groups -OCH3 is 4. The summed E-state index contributed by atoms with van der Waals surface area (Å²) in [6.07, 6.45) is 11.4. The molecule has 44 heteroatoms. The Morgan fingerprint density at radius 2 is 0.229 bits per heavy atom. The standard InChI is InChI=1S/C100H192N8O36/c1-109-17-21-113-25-29-117-33-37-121-41-45-125-49-53-129-57-61-133-65-69-137-73-77-141-89-87-88(100-107-98-86-16-10-8-14-84(86)96(105-98)103-94-82-12-6-5-11-81(82)93(101-94)102-95-83-13-7-9-15-85(83)97(104-95)106-99(87)108-100)90(142-78-74-138-70-66-134-62-58-130-54-50-126-46-42-122-38-34-118-30-26-114-22-18-110-2)92(144-80-76-140-72-68-136-64-60-132-56-52-128-48-44-124-40-36-120-32-28-116-24-20-112-4)91(89)143-79-75-139-71-67-135-63-59-131-55-51-127-47-43-123-39-35-119-31-27-115-23-19-111-3/h81-108H,5-80H2,1-4H3. The Morgan fingerprint density at radius 3 is 0.361 bits per heavy atom. The molecular weight excluding hydrogens is 1890 g/mol. The molecule has 20 atom stereocenters. The van der Waals surface area contributed by atoms with Crippen molar-refractivity contribution in [2.75, 3.05) is 451 Å². The quantitative estimate of drug-likeness (QED) is 0.0401. The molecule has 44 nitrogen and oxygen atoms in total. The monoisotopic (exact) mass is 2080 g/mol. The second-order valence-corrected chi connectivity index (χ2v) is 36.6. The van der Waals surface area contributed by atoms with Crippen LogP contribution >= 0.6 is 0 Å². The number of hydrogen-bond acceptors (Lipinski definition) is 44. The van der Waals surface area contributed by atoms with Crippen molar-refractivity contribution >= 4 is 0 Å². The van der Waals surface area contributed by atoms with Crippen LogP contribution in [0.1, 0.15) is 77.0 Å². The van der Waals surface area contributed by atoms with Crippen LogP contribution in [0.2, 0.25) is 0 Å². The summed E-state index contributed by atoms with van der Waals surface area (Å²) in [5.41, 5.74) is 0. The smallest absolute Gasteiger partial charge is 0.113 e. The summed E-state index contributed by atoms with van der Waals surface area (Å²) in [5.74, 6) is 2.04. The van der Waals surface area contributed by atoms with Crippen LogP contribution in [-0.4, -0.2) is 525 Å². The number of fused-ring (bicyclic) bond motifs is 20.